The summed E-state index contributed by atoms with van der Waals surface area (Å²) in [6.07, 6.45) is 2.83. The van der Waals surface area contributed by atoms with Gasteiger partial charge in [0.15, 0.2) is 5.60 Å². The summed E-state index contributed by atoms with van der Waals surface area (Å²) in [6.45, 7) is 3.08. The van der Waals surface area contributed by atoms with Gasteiger partial charge in [0.05, 0.1) is 0 Å². The average molecular weight is 249 g/mol. The van der Waals surface area contributed by atoms with E-state index in [1.54, 1.807) is 13.8 Å². The van der Waals surface area contributed by atoms with E-state index in [9.17, 15) is 4.79 Å². The molecule has 0 aromatic heterocycles. The van der Waals surface area contributed by atoms with Gasteiger partial charge in [-0.15, -0.1) is 0 Å². The van der Waals surface area contributed by atoms with Crippen molar-refractivity contribution in [1.82, 2.24) is 0 Å². The summed E-state index contributed by atoms with van der Waals surface area (Å²) in [5, 5.41) is 9.04. The number of ether oxygens (including phenoxy) is 1. The molecule has 2 rings (SSSR count). The summed E-state index contributed by atoms with van der Waals surface area (Å²) >= 11 is 0. The highest BCUT2D eigenvalue weighted by molar-refractivity contribution is 5.76. The first kappa shape index (κ1) is 12.9. The van der Waals surface area contributed by atoms with E-state index in [1.807, 2.05) is 18.2 Å². The Hall–Kier alpha value is -1.55. The number of carboxylic acids is 1. The number of benzene rings is 1. The lowest BCUT2D eigenvalue weighted by atomic mass is 9.88. The maximum atomic E-state index is 11.0. The SMILES string of the molecule is CC(C)(Oc1ccc2c(c1)CC(N)CC2)C(=O)O. The van der Waals surface area contributed by atoms with Crippen molar-refractivity contribution in [2.45, 2.75) is 44.8 Å². The highest BCUT2D eigenvalue weighted by atomic mass is 16.5. The fourth-order valence-electron chi connectivity index (χ4n) is 2.16. The van der Waals surface area contributed by atoms with Crippen LogP contribution in [0.15, 0.2) is 18.2 Å². The van der Waals surface area contributed by atoms with Gasteiger partial charge in [-0.2, -0.15) is 0 Å². The molecule has 3 N–H and O–H groups in total. The molecule has 0 radical (unpaired) electrons. The van der Waals surface area contributed by atoms with Gasteiger partial charge in [0.1, 0.15) is 5.75 Å². The molecule has 1 aromatic rings. The van der Waals surface area contributed by atoms with Crippen LogP contribution < -0.4 is 10.5 Å². The van der Waals surface area contributed by atoms with Gasteiger partial charge in [-0.25, -0.2) is 4.79 Å². The molecule has 0 bridgehead atoms. The Bertz CT molecular complexity index is 468. The van der Waals surface area contributed by atoms with E-state index in [0.29, 0.717) is 5.75 Å². The molecule has 0 spiro atoms. The van der Waals surface area contributed by atoms with Gasteiger partial charge in [-0.1, -0.05) is 6.07 Å². The number of nitrogens with two attached hydrogens (primary N) is 1. The van der Waals surface area contributed by atoms with E-state index in [4.69, 9.17) is 15.6 Å². The number of aryl methyl sites for hydroxylation is 1. The number of hydrogen-bond acceptors (Lipinski definition) is 3. The minimum atomic E-state index is -1.22. The molecule has 0 heterocycles. The molecule has 1 atom stereocenters. The molecule has 1 unspecified atom stereocenters. The Morgan fingerprint density at radius 1 is 1.44 bits per heavy atom. The molecule has 4 heteroatoms. The third-order valence-electron chi connectivity index (χ3n) is 3.33. The van der Waals surface area contributed by atoms with E-state index in [2.05, 4.69) is 0 Å². The van der Waals surface area contributed by atoms with Crippen molar-refractivity contribution in [3.05, 3.63) is 29.3 Å². The summed E-state index contributed by atoms with van der Waals surface area (Å²) in [4.78, 5) is 11.0. The molecule has 1 aliphatic carbocycles. The van der Waals surface area contributed by atoms with Crippen molar-refractivity contribution in [3.63, 3.8) is 0 Å². The molecular formula is C14H19NO3. The predicted octanol–water partition coefficient (Wildman–Crippen LogP) is 1.74. The van der Waals surface area contributed by atoms with E-state index in [1.165, 1.54) is 11.1 Å². The summed E-state index contributed by atoms with van der Waals surface area (Å²) in [6, 6.07) is 5.95. The van der Waals surface area contributed by atoms with Crippen LogP contribution in [0, 0.1) is 0 Å². The van der Waals surface area contributed by atoms with Gasteiger partial charge in [0.25, 0.3) is 0 Å². The van der Waals surface area contributed by atoms with Gasteiger partial charge < -0.3 is 15.6 Å². The second-order valence-corrected chi connectivity index (χ2v) is 5.35. The third kappa shape index (κ3) is 2.64. The van der Waals surface area contributed by atoms with Crippen LogP contribution in [0.3, 0.4) is 0 Å². The summed E-state index contributed by atoms with van der Waals surface area (Å²) in [5.41, 5.74) is 7.19. The zero-order valence-electron chi connectivity index (χ0n) is 10.8. The Kier molecular flexibility index (Phi) is 3.30. The molecule has 1 aromatic carbocycles. The molecule has 98 valence electrons. The number of carbonyl (C=O) groups is 1. The van der Waals surface area contributed by atoms with E-state index >= 15 is 0 Å². The molecule has 1 aliphatic rings. The van der Waals surface area contributed by atoms with Crippen molar-refractivity contribution in [1.29, 1.82) is 0 Å². The number of aliphatic carboxylic acids is 1. The van der Waals surface area contributed by atoms with Crippen LogP contribution in [0.2, 0.25) is 0 Å². The zero-order valence-corrected chi connectivity index (χ0v) is 10.8. The molecule has 0 fully saturated rings. The molecule has 0 aliphatic heterocycles. The average Bonchev–Trinajstić information content (AvgIpc) is 2.27. The minimum absolute atomic E-state index is 0.195. The van der Waals surface area contributed by atoms with Crippen molar-refractivity contribution in [2.24, 2.45) is 5.73 Å². The molecule has 0 saturated heterocycles. The molecule has 18 heavy (non-hydrogen) atoms. The van der Waals surface area contributed by atoms with Gasteiger partial charge in [-0.05, 0) is 56.4 Å². The first-order valence-electron chi connectivity index (χ1n) is 6.18. The quantitative estimate of drug-likeness (QED) is 0.856. The topological polar surface area (TPSA) is 72.5 Å². The fourth-order valence-corrected chi connectivity index (χ4v) is 2.16. The molecule has 0 saturated carbocycles. The lowest BCUT2D eigenvalue weighted by molar-refractivity contribution is -0.152. The third-order valence-corrected chi connectivity index (χ3v) is 3.33. The first-order chi connectivity index (χ1) is 8.38. The second-order valence-electron chi connectivity index (χ2n) is 5.35. The second kappa shape index (κ2) is 4.61. The van der Waals surface area contributed by atoms with Gasteiger partial charge in [0.2, 0.25) is 0 Å². The number of hydrogen-bond donors (Lipinski definition) is 2. The predicted molar refractivity (Wildman–Crippen MR) is 68.8 cm³/mol. The van der Waals surface area contributed by atoms with Crippen LogP contribution in [-0.2, 0) is 17.6 Å². The van der Waals surface area contributed by atoms with Crippen molar-refractivity contribution < 1.29 is 14.6 Å². The van der Waals surface area contributed by atoms with Crippen LogP contribution in [0.4, 0.5) is 0 Å². The maximum absolute atomic E-state index is 11.0. The van der Waals surface area contributed by atoms with E-state index in [0.717, 1.165) is 19.3 Å². The number of fused-ring (bicyclic) bond motifs is 1. The van der Waals surface area contributed by atoms with Gasteiger partial charge in [0, 0.05) is 6.04 Å². The smallest absolute Gasteiger partial charge is 0.347 e. The first-order valence-corrected chi connectivity index (χ1v) is 6.18. The van der Waals surface area contributed by atoms with Crippen LogP contribution in [-0.4, -0.2) is 22.7 Å². The van der Waals surface area contributed by atoms with Crippen molar-refractivity contribution in [2.75, 3.05) is 0 Å². The molecule has 0 amide bonds. The van der Waals surface area contributed by atoms with Crippen molar-refractivity contribution >= 4 is 5.97 Å². The summed E-state index contributed by atoms with van der Waals surface area (Å²) < 4.78 is 5.52. The highest BCUT2D eigenvalue weighted by Gasteiger charge is 2.29. The molecular weight excluding hydrogens is 230 g/mol. The standard InChI is InChI=1S/C14H19NO3/c1-14(2,13(16)17)18-12-6-4-9-3-5-11(15)7-10(9)8-12/h4,6,8,11H,3,5,7,15H2,1-2H3,(H,16,17). The Morgan fingerprint density at radius 2 is 2.17 bits per heavy atom. The lowest BCUT2D eigenvalue weighted by Gasteiger charge is -2.25. The fraction of sp³-hybridized carbons (Fsp3) is 0.500. The maximum Gasteiger partial charge on any atom is 0.347 e. The summed E-state index contributed by atoms with van der Waals surface area (Å²) in [5.74, 6) is -0.382. The van der Waals surface area contributed by atoms with Crippen LogP contribution in [0.25, 0.3) is 0 Å². The van der Waals surface area contributed by atoms with E-state index < -0.39 is 11.6 Å². The molecule has 4 nitrogen and oxygen atoms in total. The summed E-state index contributed by atoms with van der Waals surface area (Å²) in [7, 11) is 0. The number of carboxylic acid groups (broad SMARTS) is 1. The number of rotatable bonds is 3. The van der Waals surface area contributed by atoms with E-state index in [-0.39, 0.29) is 6.04 Å². The van der Waals surface area contributed by atoms with Crippen LogP contribution in [0.1, 0.15) is 31.4 Å². The zero-order chi connectivity index (χ0) is 13.3. The van der Waals surface area contributed by atoms with Crippen LogP contribution in [0.5, 0.6) is 5.75 Å². The Morgan fingerprint density at radius 3 is 2.83 bits per heavy atom. The highest BCUT2D eigenvalue weighted by Crippen LogP contribution is 2.27. The minimum Gasteiger partial charge on any atom is -0.478 e. The van der Waals surface area contributed by atoms with Crippen molar-refractivity contribution in [3.8, 4) is 5.75 Å². The monoisotopic (exact) mass is 249 g/mol. The largest absolute Gasteiger partial charge is 0.478 e. The van der Waals surface area contributed by atoms with Gasteiger partial charge in [-0.3, -0.25) is 0 Å². The van der Waals surface area contributed by atoms with Gasteiger partial charge >= 0.3 is 5.97 Å². The Balaban J connectivity index is 2.21. The normalized spacial score (nSPS) is 19.2. The lowest BCUT2D eigenvalue weighted by Crippen LogP contribution is -2.38. The Labute approximate surface area is 107 Å². The van der Waals surface area contributed by atoms with Crippen LogP contribution >= 0.6 is 0 Å².